The van der Waals surface area contributed by atoms with E-state index < -0.39 is 0 Å². The van der Waals surface area contributed by atoms with Crippen molar-refractivity contribution >= 4 is 23.0 Å². The number of hydrogen-bond acceptors (Lipinski definition) is 4. The molecule has 0 radical (unpaired) electrons. The molecule has 0 aliphatic rings. The fourth-order valence-corrected chi connectivity index (χ4v) is 2.91. The predicted octanol–water partition coefficient (Wildman–Crippen LogP) is 4.93. The van der Waals surface area contributed by atoms with Crippen LogP contribution in [-0.4, -0.2) is 24.9 Å². The summed E-state index contributed by atoms with van der Waals surface area (Å²) in [5.41, 5.74) is 1.90. The Morgan fingerprint density at radius 3 is 2.22 bits per heavy atom. The predicted molar refractivity (Wildman–Crippen MR) is 114 cm³/mol. The van der Waals surface area contributed by atoms with Gasteiger partial charge in [0.1, 0.15) is 5.75 Å². The number of anilines is 1. The topological polar surface area (TPSA) is 51.8 Å². The van der Waals surface area contributed by atoms with Gasteiger partial charge in [0.15, 0.2) is 16.6 Å². The molecule has 1 atom stereocenters. The molecule has 0 saturated carbocycles. The molecule has 0 amide bonds. The SMILES string of the molecule is CCOc1ccccc1NC(=S)N[C@@H](C)c1ccc(OCC)c(OCC)c1. The summed E-state index contributed by atoms with van der Waals surface area (Å²) in [5, 5.41) is 7.04. The summed E-state index contributed by atoms with van der Waals surface area (Å²) in [7, 11) is 0. The molecule has 0 aliphatic carbocycles. The van der Waals surface area contributed by atoms with Crippen LogP contribution in [0.3, 0.4) is 0 Å². The largest absolute Gasteiger partial charge is 0.492 e. The Bertz CT molecular complexity index is 752. The van der Waals surface area contributed by atoms with Crippen molar-refractivity contribution in [2.75, 3.05) is 25.1 Å². The summed E-state index contributed by atoms with van der Waals surface area (Å²) in [4.78, 5) is 0. The second kappa shape index (κ2) is 10.6. The minimum absolute atomic E-state index is 0.000798. The van der Waals surface area contributed by atoms with E-state index in [1.54, 1.807) is 0 Å². The molecule has 6 heteroatoms. The molecule has 2 aromatic carbocycles. The van der Waals surface area contributed by atoms with E-state index in [2.05, 4.69) is 10.6 Å². The first-order valence-corrected chi connectivity index (χ1v) is 9.68. The van der Waals surface area contributed by atoms with E-state index in [9.17, 15) is 0 Å². The van der Waals surface area contributed by atoms with Gasteiger partial charge in [-0.1, -0.05) is 18.2 Å². The van der Waals surface area contributed by atoms with Gasteiger partial charge in [-0.05, 0) is 69.7 Å². The van der Waals surface area contributed by atoms with Gasteiger partial charge >= 0.3 is 0 Å². The lowest BCUT2D eigenvalue weighted by molar-refractivity contribution is 0.287. The molecular weight excluding hydrogens is 360 g/mol. The molecule has 0 fully saturated rings. The van der Waals surface area contributed by atoms with E-state index in [4.69, 9.17) is 26.4 Å². The maximum atomic E-state index is 5.71. The Hall–Kier alpha value is -2.47. The van der Waals surface area contributed by atoms with Gasteiger partial charge in [-0.3, -0.25) is 0 Å². The molecule has 5 nitrogen and oxygen atoms in total. The van der Waals surface area contributed by atoms with Crippen LogP contribution in [-0.2, 0) is 0 Å². The third kappa shape index (κ3) is 6.03. The zero-order valence-electron chi connectivity index (χ0n) is 16.4. The van der Waals surface area contributed by atoms with Crippen molar-refractivity contribution in [3.63, 3.8) is 0 Å². The van der Waals surface area contributed by atoms with E-state index in [-0.39, 0.29) is 6.04 Å². The smallest absolute Gasteiger partial charge is 0.171 e. The highest BCUT2D eigenvalue weighted by Crippen LogP contribution is 2.31. The van der Waals surface area contributed by atoms with Crippen LogP contribution in [0.2, 0.25) is 0 Å². The average molecular weight is 389 g/mol. The molecule has 146 valence electrons. The van der Waals surface area contributed by atoms with Gasteiger partial charge in [-0.2, -0.15) is 0 Å². The minimum Gasteiger partial charge on any atom is -0.492 e. The summed E-state index contributed by atoms with van der Waals surface area (Å²) in [6.45, 7) is 9.70. The molecule has 0 aromatic heterocycles. The van der Waals surface area contributed by atoms with E-state index in [1.165, 1.54) is 0 Å². The molecule has 27 heavy (non-hydrogen) atoms. The van der Waals surface area contributed by atoms with E-state index >= 15 is 0 Å². The quantitative estimate of drug-likeness (QED) is 0.594. The first kappa shape index (κ1) is 20.8. The summed E-state index contributed by atoms with van der Waals surface area (Å²) >= 11 is 5.47. The summed E-state index contributed by atoms with van der Waals surface area (Å²) in [6, 6.07) is 13.7. The van der Waals surface area contributed by atoms with Crippen LogP contribution in [0.25, 0.3) is 0 Å². The van der Waals surface area contributed by atoms with Gasteiger partial charge in [0.2, 0.25) is 0 Å². The molecule has 0 unspecified atom stereocenters. The van der Waals surface area contributed by atoms with Gasteiger partial charge in [-0.25, -0.2) is 0 Å². The first-order valence-electron chi connectivity index (χ1n) is 9.27. The second-order valence-electron chi connectivity index (χ2n) is 5.82. The summed E-state index contributed by atoms with van der Waals surface area (Å²) in [6.07, 6.45) is 0. The second-order valence-corrected chi connectivity index (χ2v) is 6.23. The van der Waals surface area contributed by atoms with Crippen LogP contribution in [0.5, 0.6) is 17.2 Å². The Balaban J connectivity index is 2.07. The Morgan fingerprint density at radius 1 is 0.889 bits per heavy atom. The Morgan fingerprint density at radius 2 is 1.52 bits per heavy atom. The van der Waals surface area contributed by atoms with Gasteiger partial charge in [0, 0.05) is 0 Å². The molecule has 0 saturated heterocycles. The average Bonchev–Trinajstić information content (AvgIpc) is 2.65. The zero-order chi connectivity index (χ0) is 19.6. The highest BCUT2D eigenvalue weighted by molar-refractivity contribution is 7.80. The van der Waals surface area contributed by atoms with Gasteiger partial charge in [0.25, 0.3) is 0 Å². The van der Waals surface area contributed by atoms with Crippen molar-refractivity contribution in [1.29, 1.82) is 0 Å². The van der Waals surface area contributed by atoms with Crippen LogP contribution < -0.4 is 24.8 Å². The van der Waals surface area contributed by atoms with Crippen LogP contribution in [0.1, 0.15) is 39.3 Å². The minimum atomic E-state index is -0.000798. The fourth-order valence-electron chi connectivity index (χ4n) is 2.63. The van der Waals surface area contributed by atoms with Crippen molar-refractivity contribution in [3.05, 3.63) is 48.0 Å². The van der Waals surface area contributed by atoms with Gasteiger partial charge in [-0.15, -0.1) is 0 Å². The van der Waals surface area contributed by atoms with E-state index in [0.29, 0.717) is 24.9 Å². The first-order chi connectivity index (χ1) is 13.1. The highest BCUT2D eigenvalue weighted by Gasteiger charge is 2.13. The number of para-hydroxylation sites is 2. The zero-order valence-corrected chi connectivity index (χ0v) is 17.2. The number of nitrogens with one attached hydrogen (secondary N) is 2. The lowest BCUT2D eigenvalue weighted by atomic mass is 10.1. The molecule has 2 N–H and O–H groups in total. The fraction of sp³-hybridized carbons (Fsp3) is 0.381. The standard InChI is InChI=1S/C21H28N2O3S/c1-5-24-18-11-9-8-10-17(18)23-21(27)22-15(4)16-12-13-19(25-6-2)20(14-16)26-7-3/h8-15H,5-7H2,1-4H3,(H2,22,23,27)/t15-/m0/s1. The summed E-state index contributed by atoms with van der Waals surface area (Å²) in [5.74, 6) is 2.27. The highest BCUT2D eigenvalue weighted by atomic mass is 32.1. The van der Waals surface area contributed by atoms with Gasteiger partial charge < -0.3 is 24.8 Å². The molecule has 0 spiro atoms. The maximum Gasteiger partial charge on any atom is 0.171 e. The van der Waals surface area contributed by atoms with Crippen molar-refractivity contribution < 1.29 is 14.2 Å². The maximum absolute atomic E-state index is 5.71. The molecule has 2 aromatic rings. The number of hydrogen-bond donors (Lipinski definition) is 2. The van der Waals surface area contributed by atoms with Crippen LogP contribution >= 0.6 is 12.2 Å². The number of benzene rings is 2. The normalized spacial score (nSPS) is 11.4. The van der Waals surface area contributed by atoms with E-state index in [1.807, 2.05) is 70.2 Å². The molecule has 0 aliphatic heterocycles. The Labute approximate surface area is 167 Å². The van der Waals surface area contributed by atoms with Crippen LogP contribution in [0.15, 0.2) is 42.5 Å². The van der Waals surface area contributed by atoms with Crippen LogP contribution in [0, 0.1) is 0 Å². The summed E-state index contributed by atoms with van der Waals surface area (Å²) < 4.78 is 17.0. The van der Waals surface area contributed by atoms with Crippen LogP contribution in [0.4, 0.5) is 5.69 Å². The lowest BCUT2D eigenvalue weighted by Crippen LogP contribution is -2.31. The lowest BCUT2D eigenvalue weighted by Gasteiger charge is -2.20. The van der Waals surface area contributed by atoms with Crippen molar-refractivity contribution in [2.45, 2.75) is 33.7 Å². The number of ether oxygens (including phenoxy) is 3. The van der Waals surface area contributed by atoms with Crippen molar-refractivity contribution in [2.24, 2.45) is 0 Å². The third-order valence-electron chi connectivity index (χ3n) is 3.85. The molecule has 0 bridgehead atoms. The number of rotatable bonds is 9. The van der Waals surface area contributed by atoms with E-state index in [0.717, 1.165) is 28.5 Å². The number of thiocarbonyl (C=S) groups is 1. The van der Waals surface area contributed by atoms with Crippen molar-refractivity contribution in [3.8, 4) is 17.2 Å². The van der Waals surface area contributed by atoms with Crippen molar-refractivity contribution in [1.82, 2.24) is 5.32 Å². The third-order valence-corrected chi connectivity index (χ3v) is 4.07. The Kier molecular flexibility index (Phi) is 8.20. The molecular formula is C21H28N2O3S. The molecule has 0 heterocycles. The van der Waals surface area contributed by atoms with Gasteiger partial charge in [0.05, 0.1) is 31.5 Å². The monoisotopic (exact) mass is 388 g/mol. The molecule has 2 rings (SSSR count).